The van der Waals surface area contributed by atoms with Crippen molar-refractivity contribution in [3.63, 3.8) is 0 Å². The first-order valence-corrected chi connectivity index (χ1v) is 4.44. The van der Waals surface area contributed by atoms with E-state index in [4.69, 9.17) is 10.5 Å². The summed E-state index contributed by atoms with van der Waals surface area (Å²) in [6.45, 7) is 2.51. The molecule has 0 fully saturated rings. The number of nitrogens with two attached hydrogens (primary N) is 1. The van der Waals surface area contributed by atoms with Crippen LogP contribution in [0.1, 0.15) is 6.92 Å². The van der Waals surface area contributed by atoms with Crippen LogP contribution in [0.15, 0.2) is 24.5 Å². The summed E-state index contributed by atoms with van der Waals surface area (Å²) in [5, 5.41) is 0.857. The molecule has 0 bridgehead atoms. The minimum absolute atomic E-state index is 0.582. The minimum Gasteiger partial charge on any atom is -0.478 e. The van der Waals surface area contributed by atoms with E-state index in [0.717, 1.165) is 10.9 Å². The van der Waals surface area contributed by atoms with Crippen LogP contribution in [-0.2, 0) is 0 Å². The van der Waals surface area contributed by atoms with Crippen molar-refractivity contribution in [3.8, 4) is 5.88 Å². The van der Waals surface area contributed by atoms with E-state index >= 15 is 0 Å². The predicted octanol–water partition coefficient (Wildman–Crippen LogP) is 1.61. The quantitative estimate of drug-likeness (QED) is 0.779. The second-order valence-electron chi connectivity index (χ2n) is 2.87. The van der Waals surface area contributed by atoms with Crippen molar-refractivity contribution in [2.45, 2.75) is 6.92 Å². The van der Waals surface area contributed by atoms with Crippen molar-refractivity contribution in [1.82, 2.24) is 9.97 Å². The van der Waals surface area contributed by atoms with Gasteiger partial charge in [-0.3, -0.25) is 4.98 Å². The zero-order valence-corrected chi connectivity index (χ0v) is 7.90. The number of anilines is 1. The molecule has 2 rings (SSSR count). The average Bonchev–Trinajstić information content (AvgIpc) is 2.18. The Hall–Kier alpha value is -1.84. The molecule has 2 N–H and O–H groups in total. The fraction of sp³-hybridized carbons (Fsp3) is 0.200. The molecule has 2 aromatic rings. The lowest BCUT2D eigenvalue weighted by molar-refractivity contribution is 0.327. The Labute approximate surface area is 81.7 Å². The maximum absolute atomic E-state index is 5.76. The Morgan fingerprint density at radius 3 is 3.07 bits per heavy atom. The molecule has 0 atom stereocenters. The maximum Gasteiger partial charge on any atom is 0.215 e. The molecular weight excluding hydrogens is 178 g/mol. The Bertz CT molecular complexity index is 456. The highest BCUT2D eigenvalue weighted by atomic mass is 16.5. The van der Waals surface area contributed by atoms with Crippen molar-refractivity contribution in [3.05, 3.63) is 24.5 Å². The lowest BCUT2D eigenvalue weighted by atomic mass is 10.2. The third-order valence-electron chi connectivity index (χ3n) is 1.93. The third-order valence-corrected chi connectivity index (χ3v) is 1.93. The van der Waals surface area contributed by atoms with Crippen LogP contribution in [0.25, 0.3) is 10.9 Å². The van der Waals surface area contributed by atoms with Crippen molar-refractivity contribution in [1.29, 1.82) is 0 Å². The third kappa shape index (κ3) is 1.46. The first-order chi connectivity index (χ1) is 6.81. The monoisotopic (exact) mass is 189 g/mol. The van der Waals surface area contributed by atoms with Gasteiger partial charge >= 0.3 is 0 Å². The van der Waals surface area contributed by atoms with E-state index in [9.17, 15) is 0 Å². The van der Waals surface area contributed by atoms with Gasteiger partial charge in [0.25, 0.3) is 0 Å². The second kappa shape index (κ2) is 3.49. The van der Waals surface area contributed by atoms with Gasteiger partial charge in [0.15, 0.2) is 0 Å². The van der Waals surface area contributed by atoms with Crippen LogP contribution in [0.5, 0.6) is 5.88 Å². The van der Waals surface area contributed by atoms with E-state index in [-0.39, 0.29) is 0 Å². The van der Waals surface area contributed by atoms with Gasteiger partial charge in [0.05, 0.1) is 12.1 Å². The van der Waals surface area contributed by atoms with Gasteiger partial charge in [0.2, 0.25) is 5.88 Å². The smallest absolute Gasteiger partial charge is 0.215 e. The molecule has 0 aliphatic rings. The molecule has 14 heavy (non-hydrogen) atoms. The second-order valence-corrected chi connectivity index (χ2v) is 2.87. The Morgan fingerprint density at radius 2 is 2.29 bits per heavy atom. The number of nitrogens with zero attached hydrogens (tertiary/aromatic N) is 2. The zero-order chi connectivity index (χ0) is 9.97. The number of ether oxygens (including phenoxy) is 1. The Balaban J connectivity index is 2.56. The van der Waals surface area contributed by atoms with E-state index < -0.39 is 0 Å². The molecule has 0 spiro atoms. The molecule has 0 saturated carbocycles. The van der Waals surface area contributed by atoms with Gasteiger partial charge in [-0.25, -0.2) is 4.98 Å². The van der Waals surface area contributed by atoms with Gasteiger partial charge < -0.3 is 10.5 Å². The van der Waals surface area contributed by atoms with Crippen molar-refractivity contribution >= 4 is 16.6 Å². The lowest BCUT2D eigenvalue weighted by Gasteiger charge is -2.03. The number of rotatable bonds is 2. The van der Waals surface area contributed by atoms with Gasteiger partial charge in [0.1, 0.15) is 0 Å². The van der Waals surface area contributed by atoms with E-state index in [1.807, 2.05) is 6.92 Å². The Morgan fingerprint density at radius 1 is 1.43 bits per heavy atom. The van der Waals surface area contributed by atoms with Crippen molar-refractivity contribution in [2.24, 2.45) is 0 Å². The molecule has 4 heteroatoms. The van der Waals surface area contributed by atoms with E-state index in [1.54, 1.807) is 24.5 Å². The van der Waals surface area contributed by atoms with Gasteiger partial charge in [0, 0.05) is 29.5 Å². The van der Waals surface area contributed by atoms with Crippen LogP contribution in [-0.4, -0.2) is 16.6 Å². The highest BCUT2D eigenvalue weighted by molar-refractivity contribution is 5.89. The molecule has 4 nitrogen and oxygen atoms in total. The van der Waals surface area contributed by atoms with Crippen LogP contribution in [0, 0.1) is 0 Å². The van der Waals surface area contributed by atoms with Crippen LogP contribution < -0.4 is 10.5 Å². The van der Waals surface area contributed by atoms with E-state index in [2.05, 4.69) is 9.97 Å². The fourth-order valence-corrected chi connectivity index (χ4v) is 1.27. The predicted molar refractivity (Wildman–Crippen MR) is 55.1 cm³/mol. The molecule has 0 radical (unpaired) electrons. The largest absolute Gasteiger partial charge is 0.478 e. The average molecular weight is 189 g/mol. The maximum atomic E-state index is 5.76. The molecule has 0 aliphatic carbocycles. The topological polar surface area (TPSA) is 61.0 Å². The molecule has 0 amide bonds. The first kappa shape index (κ1) is 8.74. The molecule has 0 aromatic carbocycles. The summed E-state index contributed by atoms with van der Waals surface area (Å²) in [7, 11) is 0. The summed E-state index contributed by atoms with van der Waals surface area (Å²) in [5.74, 6) is 0.582. The summed E-state index contributed by atoms with van der Waals surface area (Å²) in [5.41, 5.74) is 7.25. The summed E-state index contributed by atoms with van der Waals surface area (Å²) in [6.07, 6.45) is 3.36. The molecule has 2 aromatic heterocycles. The number of aromatic nitrogens is 2. The summed E-state index contributed by atoms with van der Waals surface area (Å²) < 4.78 is 5.26. The number of hydrogen-bond donors (Lipinski definition) is 1. The van der Waals surface area contributed by atoms with Gasteiger partial charge in [-0.05, 0) is 13.0 Å². The van der Waals surface area contributed by atoms with Gasteiger partial charge in [-0.1, -0.05) is 0 Å². The van der Waals surface area contributed by atoms with Gasteiger partial charge in [-0.15, -0.1) is 0 Å². The summed E-state index contributed by atoms with van der Waals surface area (Å²) in [6, 6.07) is 3.54. The zero-order valence-electron chi connectivity index (χ0n) is 7.90. The molecule has 0 aliphatic heterocycles. The summed E-state index contributed by atoms with van der Waals surface area (Å²) in [4.78, 5) is 8.30. The number of nitrogen functional groups attached to an aromatic ring is 1. The van der Waals surface area contributed by atoms with Crippen LogP contribution >= 0.6 is 0 Å². The highest BCUT2D eigenvalue weighted by Crippen LogP contribution is 2.20. The first-order valence-electron chi connectivity index (χ1n) is 4.44. The molecular formula is C10H11N3O. The van der Waals surface area contributed by atoms with Crippen molar-refractivity contribution < 1.29 is 4.74 Å². The Kier molecular flexibility index (Phi) is 2.18. The van der Waals surface area contributed by atoms with Gasteiger partial charge in [-0.2, -0.15) is 0 Å². The van der Waals surface area contributed by atoms with Crippen LogP contribution in [0.4, 0.5) is 5.69 Å². The lowest BCUT2D eigenvalue weighted by Crippen LogP contribution is -1.95. The van der Waals surface area contributed by atoms with E-state index in [0.29, 0.717) is 18.2 Å². The van der Waals surface area contributed by atoms with Crippen LogP contribution in [0.3, 0.4) is 0 Å². The minimum atomic E-state index is 0.582. The SMILES string of the molecule is CCOc1cc2nccc(N)c2cn1. The number of fused-ring (bicyclic) bond motifs is 1. The molecule has 0 saturated heterocycles. The molecule has 2 heterocycles. The molecule has 72 valence electrons. The normalized spacial score (nSPS) is 10.4. The number of hydrogen-bond acceptors (Lipinski definition) is 4. The number of pyridine rings is 2. The molecule has 0 unspecified atom stereocenters. The highest BCUT2D eigenvalue weighted by Gasteiger charge is 2.01. The van der Waals surface area contributed by atoms with Crippen molar-refractivity contribution in [2.75, 3.05) is 12.3 Å². The van der Waals surface area contributed by atoms with E-state index in [1.165, 1.54) is 0 Å². The standard InChI is InChI=1S/C10H11N3O/c1-2-14-10-5-9-7(6-13-10)8(11)3-4-12-9/h3-6H,2H2,1H3,(H2,11,12). The van der Waals surface area contributed by atoms with Crippen LogP contribution in [0.2, 0.25) is 0 Å². The fourth-order valence-electron chi connectivity index (χ4n) is 1.27. The summed E-state index contributed by atoms with van der Waals surface area (Å²) >= 11 is 0.